The molecule has 178 valence electrons. The molecule has 13 heteroatoms. The number of nitrogens with one attached hydrogen (secondary N) is 1. The van der Waals surface area contributed by atoms with Crippen LogP contribution in [-0.4, -0.2) is 44.9 Å². The van der Waals surface area contributed by atoms with Crippen LogP contribution >= 0.6 is 22.7 Å². The van der Waals surface area contributed by atoms with Gasteiger partial charge in [0.2, 0.25) is 5.88 Å². The molecule has 0 fully saturated rings. The number of carbonyl (C=O) groups excluding carboxylic acids is 1. The Kier molecular flexibility index (Phi) is 6.66. The molecule has 0 bridgehead atoms. The molecular formula is C21H19F3N6O2S2. The number of nitrogens with zero attached hydrogens (tertiary/aromatic N) is 5. The molecule has 1 N–H and O–H groups in total. The van der Waals surface area contributed by atoms with Gasteiger partial charge in [-0.1, -0.05) is 0 Å². The lowest BCUT2D eigenvalue weighted by molar-refractivity contribution is -0.140. The highest BCUT2D eigenvalue weighted by Gasteiger charge is 2.33. The van der Waals surface area contributed by atoms with E-state index in [0.29, 0.717) is 38.9 Å². The Hall–Kier alpha value is -3.32. The Balaban J connectivity index is 1.54. The SMILES string of the molecule is COc1cc(CN(C)C(=O)c2sc3ncnc(NCc4nc(C(F)(F)F)cs4)c3c2C)ccn1. The average molecular weight is 509 g/mol. The summed E-state index contributed by atoms with van der Waals surface area (Å²) in [7, 11) is 3.22. The van der Waals surface area contributed by atoms with Gasteiger partial charge in [0.1, 0.15) is 22.0 Å². The van der Waals surface area contributed by atoms with Crippen molar-refractivity contribution in [2.45, 2.75) is 26.2 Å². The number of methoxy groups -OCH3 is 1. The number of amides is 1. The van der Waals surface area contributed by atoms with E-state index in [0.717, 1.165) is 22.3 Å². The maximum atomic E-state index is 13.2. The number of thiophene rings is 1. The zero-order valence-corrected chi connectivity index (χ0v) is 19.9. The number of alkyl halides is 3. The monoisotopic (exact) mass is 508 g/mol. The molecule has 8 nitrogen and oxygen atoms in total. The van der Waals surface area contributed by atoms with Crippen LogP contribution in [0.1, 0.15) is 31.5 Å². The quantitative estimate of drug-likeness (QED) is 0.385. The van der Waals surface area contributed by atoms with E-state index < -0.39 is 11.9 Å². The molecule has 4 aromatic heterocycles. The van der Waals surface area contributed by atoms with E-state index in [1.807, 2.05) is 0 Å². The first-order valence-electron chi connectivity index (χ1n) is 9.91. The van der Waals surface area contributed by atoms with Gasteiger partial charge in [0, 0.05) is 31.2 Å². The van der Waals surface area contributed by atoms with Crippen molar-refractivity contribution in [2.75, 3.05) is 19.5 Å². The zero-order chi connectivity index (χ0) is 24.5. The predicted octanol–water partition coefficient (Wildman–Crippen LogP) is 4.76. The third-order valence-electron chi connectivity index (χ3n) is 4.95. The van der Waals surface area contributed by atoms with Gasteiger partial charge in [-0.3, -0.25) is 4.79 Å². The maximum absolute atomic E-state index is 13.2. The van der Waals surface area contributed by atoms with E-state index in [2.05, 4.69) is 25.3 Å². The molecule has 0 aliphatic heterocycles. The number of hydrogen-bond acceptors (Lipinski definition) is 9. The molecule has 0 aliphatic carbocycles. The molecule has 0 aliphatic rings. The van der Waals surface area contributed by atoms with Crippen molar-refractivity contribution in [1.82, 2.24) is 24.8 Å². The Bertz CT molecular complexity index is 1340. The molecule has 0 saturated heterocycles. The summed E-state index contributed by atoms with van der Waals surface area (Å²) in [6.07, 6.45) is -1.51. The minimum atomic E-state index is -4.48. The highest BCUT2D eigenvalue weighted by Crippen LogP contribution is 2.35. The van der Waals surface area contributed by atoms with E-state index >= 15 is 0 Å². The van der Waals surface area contributed by atoms with Crippen LogP contribution < -0.4 is 10.1 Å². The van der Waals surface area contributed by atoms with Crippen LogP contribution in [0.4, 0.5) is 19.0 Å². The fourth-order valence-corrected chi connectivity index (χ4v) is 5.15. The summed E-state index contributed by atoms with van der Waals surface area (Å²) in [4.78, 5) is 32.1. The Morgan fingerprint density at radius 2 is 2.06 bits per heavy atom. The van der Waals surface area contributed by atoms with Crippen molar-refractivity contribution in [3.05, 3.63) is 56.7 Å². The molecular weight excluding hydrogens is 489 g/mol. The van der Waals surface area contributed by atoms with Gasteiger partial charge in [-0.2, -0.15) is 13.2 Å². The Morgan fingerprint density at radius 3 is 2.76 bits per heavy atom. The molecule has 0 radical (unpaired) electrons. The standard InChI is InChI=1S/C21H19F3N6O2S2/c1-11-16-18(26-7-15-29-13(9-33-15)21(22,23)24)27-10-28-19(16)34-17(11)20(31)30(2)8-12-4-5-25-14(6-12)32-3/h4-6,9-10H,7-8H2,1-3H3,(H,26,27,28). The molecule has 4 rings (SSSR count). The van der Waals surface area contributed by atoms with E-state index in [1.165, 1.54) is 24.8 Å². The molecule has 4 heterocycles. The van der Waals surface area contributed by atoms with Crippen LogP contribution in [0.15, 0.2) is 30.0 Å². The Labute approximate surface area is 200 Å². The zero-order valence-electron chi connectivity index (χ0n) is 18.3. The Morgan fingerprint density at radius 1 is 1.26 bits per heavy atom. The summed E-state index contributed by atoms with van der Waals surface area (Å²) in [6.45, 7) is 2.22. The first kappa shape index (κ1) is 23.8. The van der Waals surface area contributed by atoms with Gasteiger partial charge in [0.05, 0.1) is 23.9 Å². The maximum Gasteiger partial charge on any atom is 0.434 e. The predicted molar refractivity (Wildman–Crippen MR) is 123 cm³/mol. The van der Waals surface area contributed by atoms with Gasteiger partial charge in [0.15, 0.2) is 5.69 Å². The number of aromatic nitrogens is 4. The first-order chi connectivity index (χ1) is 16.2. The second-order valence-electron chi connectivity index (χ2n) is 7.30. The van der Waals surface area contributed by atoms with Crippen LogP contribution in [0.5, 0.6) is 5.88 Å². The van der Waals surface area contributed by atoms with Crippen molar-refractivity contribution >= 4 is 44.6 Å². The lowest BCUT2D eigenvalue weighted by atomic mass is 10.2. The molecule has 4 aromatic rings. The first-order valence-corrected chi connectivity index (χ1v) is 11.6. The van der Waals surface area contributed by atoms with Crippen LogP contribution in [0.3, 0.4) is 0 Å². The van der Waals surface area contributed by atoms with Crippen LogP contribution in [0.25, 0.3) is 10.2 Å². The number of hydrogen-bond donors (Lipinski definition) is 1. The topological polar surface area (TPSA) is 93.1 Å². The number of pyridine rings is 1. The minimum Gasteiger partial charge on any atom is -0.481 e. The van der Waals surface area contributed by atoms with E-state index in [9.17, 15) is 18.0 Å². The number of ether oxygens (including phenoxy) is 1. The smallest absolute Gasteiger partial charge is 0.434 e. The normalized spacial score (nSPS) is 11.6. The summed E-state index contributed by atoms with van der Waals surface area (Å²) in [6, 6.07) is 3.57. The lowest BCUT2D eigenvalue weighted by Crippen LogP contribution is -2.26. The third-order valence-corrected chi connectivity index (χ3v) is 6.98. The van der Waals surface area contributed by atoms with Crippen LogP contribution in [-0.2, 0) is 19.3 Å². The van der Waals surface area contributed by atoms with Crippen molar-refractivity contribution in [2.24, 2.45) is 0 Å². The van der Waals surface area contributed by atoms with Crippen LogP contribution in [0.2, 0.25) is 0 Å². The highest BCUT2D eigenvalue weighted by molar-refractivity contribution is 7.20. The van der Waals surface area contributed by atoms with E-state index in [1.54, 1.807) is 37.2 Å². The van der Waals surface area contributed by atoms with Gasteiger partial charge in [-0.15, -0.1) is 22.7 Å². The number of carbonyl (C=O) groups is 1. The van der Waals surface area contributed by atoms with E-state index in [-0.39, 0.29) is 17.5 Å². The lowest BCUT2D eigenvalue weighted by Gasteiger charge is -2.17. The van der Waals surface area contributed by atoms with E-state index in [4.69, 9.17) is 4.74 Å². The summed E-state index contributed by atoms with van der Waals surface area (Å²) < 4.78 is 43.5. The van der Waals surface area contributed by atoms with Crippen molar-refractivity contribution < 1.29 is 22.7 Å². The van der Waals surface area contributed by atoms with Crippen molar-refractivity contribution in [3.63, 3.8) is 0 Å². The number of aryl methyl sites for hydroxylation is 1. The largest absolute Gasteiger partial charge is 0.481 e. The summed E-state index contributed by atoms with van der Waals surface area (Å²) in [5, 5.41) is 4.94. The number of anilines is 1. The molecule has 0 unspecified atom stereocenters. The molecule has 0 atom stereocenters. The second kappa shape index (κ2) is 9.50. The highest BCUT2D eigenvalue weighted by atomic mass is 32.1. The second-order valence-corrected chi connectivity index (χ2v) is 9.25. The van der Waals surface area contributed by atoms with Gasteiger partial charge in [0.25, 0.3) is 5.91 Å². The van der Waals surface area contributed by atoms with Gasteiger partial charge in [-0.25, -0.2) is 19.9 Å². The summed E-state index contributed by atoms with van der Waals surface area (Å²) in [5.41, 5.74) is 0.643. The molecule has 0 saturated carbocycles. The minimum absolute atomic E-state index is 0.0647. The molecule has 0 aromatic carbocycles. The molecule has 34 heavy (non-hydrogen) atoms. The van der Waals surface area contributed by atoms with Gasteiger partial charge < -0.3 is 15.0 Å². The van der Waals surface area contributed by atoms with Crippen molar-refractivity contribution in [1.29, 1.82) is 0 Å². The molecule has 1 amide bonds. The van der Waals surface area contributed by atoms with Crippen LogP contribution in [0, 0.1) is 6.92 Å². The number of rotatable bonds is 7. The number of fused-ring (bicyclic) bond motifs is 1. The number of halogens is 3. The average Bonchev–Trinajstić information content (AvgIpc) is 3.42. The fraction of sp³-hybridized carbons (Fsp3) is 0.286. The molecule has 0 spiro atoms. The van der Waals surface area contributed by atoms with Gasteiger partial charge in [-0.05, 0) is 24.1 Å². The summed E-state index contributed by atoms with van der Waals surface area (Å²) >= 11 is 2.15. The van der Waals surface area contributed by atoms with Gasteiger partial charge >= 0.3 is 6.18 Å². The third kappa shape index (κ3) is 4.94. The number of thiazole rings is 1. The summed E-state index contributed by atoms with van der Waals surface area (Å²) in [5.74, 6) is 0.713. The van der Waals surface area contributed by atoms with Crippen molar-refractivity contribution in [3.8, 4) is 5.88 Å². The fourth-order valence-electron chi connectivity index (χ4n) is 3.27.